The minimum absolute atomic E-state index is 0.740. The molecule has 1 saturated carbocycles. The van der Waals surface area contributed by atoms with Gasteiger partial charge in [-0.1, -0.05) is 6.92 Å². The van der Waals surface area contributed by atoms with Crippen LogP contribution in [0.5, 0.6) is 0 Å². The molecule has 2 nitrogen and oxygen atoms in total. The average molecular weight is 206 g/mol. The molecule has 0 heterocycles. The molecule has 1 fully saturated rings. The molecule has 1 aliphatic carbocycles. The second-order valence-electron chi connectivity index (χ2n) is 3.57. The largest absolute Gasteiger partial charge is 0.380 e. The summed E-state index contributed by atoms with van der Waals surface area (Å²) in [5.74, 6) is 0.740. The Balaban J connectivity index is 2.00. The van der Waals surface area contributed by atoms with Crippen LogP contribution in [0.3, 0.4) is 0 Å². The van der Waals surface area contributed by atoms with Gasteiger partial charge >= 0.3 is 0 Å². The van der Waals surface area contributed by atoms with Gasteiger partial charge in [0.2, 0.25) is 0 Å². The van der Waals surface area contributed by atoms with Crippen LogP contribution in [0.4, 0.5) is 0 Å². The van der Waals surface area contributed by atoms with Crippen LogP contribution in [0.2, 0.25) is 0 Å². The zero-order valence-electron chi connectivity index (χ0n) is 8.47. The molecule has 0 aromatic rings. The number of nitrogens with zero attached hydrogens (tertiary/aromatic N) is 1. The summed E-state index contributed by atoms with van der Waals surface area (Å²) in [6.07, 6.45) is 3.81. The molecule has 3 heteroatoms. The van der Waals surface area contributed by atoms with Gasteiger partial charge in [-0.3, -0.25) is 4.90 Å². The van der Waals surface area contributed by atoms with Gasteiger partial charge in [-0.15, -0.1) is 11.6 Å². The molecule has 1 rings (SSSR count). The second kappa shape index (κ2) is 6.63. The Morgan fingerprint density at radius 1 is 1.31 bits per heavy atom. The lowest BCUT2D eigenvalue weighted by Gasteiger charge is -2.20. The highest BCUT2D eigenvalue weighted by Gasteiger charge is 2.27. The van der Waals surface area contributed by atoms with Crippen molar-refractivity contribution in [1.82, 2.24) is 4.90 Å². The van der Waals surface area contributed by atoms with Crippen molar-refractivity contribution in [1.29, 1.82) is 0 Å². The number of alkyl halides is 1. The summed E-state index contributed by atoms with van der Waals surface area (Å²) >= 11 is 5.73. The smallest absolute Gasteiger partial charge is 0.0593 e. The van der Waals surface area contributed by atoms with Crippen LogP contribution in [0.25, 0.3) is 0 Å². The van der Waals surface area contributed by atoms with E-state index in [4.69, 9.17) is 16.3 Å². The third-order valence-electron chi connectivity index (χ3n) is 2.31. The summed E-state index contributed by atoms with van der Waals surface area (Å²) in [5, 5.41) is 0. The third-order valence-corrected chi connectivity index (χ3v) is 2.48. The Kier molecular flexibility index (Phi) is 5.76. The lowest BCUT2D eigenvalue weighted by atomic mass is 10.4. The van der Waals surface area contributed by atoms with Crippen LogP contribution < -0.4 is 0 Å². The van der Waals surface area contributed by atoms with Crippen LogP contribution in [-0.2, 0) is 4.74 Å². The van der Waals surface area contributed by atoms with E-state index in [1.54, 1.807) is 0 Å². The van der Waals surface area contributed by atoms with Crippen molar-refractivity contribution >= 4 is 11.6 Å². The lowest BCUT2D eigenvalue weighted by molar-refractivity contribution is 0.103. The van der Waals surface area contributed by atoms with E-state index in [0.29, 0.717) is 0 Å². The van der Waals surface area contributed by atoms with Gasteiger partial charge in [0.15, 0.2) is 0 Å². The standard InChI is InChI=1S/C10H20ClNO/c1-2-8-13-9-7-12(6-5-11)10-3-4-10/h10H,2-9H2,1H3. The minimum Gasteiger partial charge on any atom is -0.380 e. The van der Waals surface area contributed by atoms with Gasteiger partial charge in [-0.25, -0.2) is 0 Å². The SMILES string of the molecule is CCCOCCN(CCCl)C1CC1. The summed E-state index contributed by atoms with van der Waals surface area (Å²) in [4.78, 5) is 2.45. The van der Waals surface area contributed by atoms with Gasteiger partial charge in [-0.2, -0.15) is 0 Å². The quantitative estimate of drug-likeness (QED) is 0.445. The van der Waals surface area contributed by atoms with Crippen molar-refractivity contribution in [3.63, 3.8) is 0 Å². The number of halogens is 1. The molecule has 0 atom stereocenters. The fraction of sp³-hybridized carbons (Fsp3) is 1.00. The first-order chi connectivity index (χ1) is 6.38. The maximum atomic E-state index is 5.73. The van der Waals surface area contributed by atoms with Crippen LogP contribution in [-0.4, -0.2) is 43.1 Å². The van der Waals surface area contributed by atoms with Gasteiger partial charge in [0.1, 0.15) is 0 Å². The van der Waals surface area contributed by atoms with Crippen LogP contribution in [0, 0.1) is 0 Å². The molecule has 0 aromatic heterocycles. The summed E-state index contributed by atoms with van der Waals surface area (Å²) in [6, 6.07) is 0.809. The summed E-state index contributed by atoms with van der Waals surface area (Å²) in [6.45, 7) is 5.96. The Labute approximate surface area is 86.2 Å². The van der Waals surface area contributed by atoms with E-state index < -0.39 is 0 Å². The van der Waals surface area contributed by atoms with E-state index in [2.05, 4.69) is 11.8 Å². The zero-order valence-corrected chi connectivity index (χ0v) is 9.22. The molecule has 1 aliphatic rings. The van der Waals surface area contributed by atoms with Gasteiger partial charge in [-0.05, 0) is 19.3 Å². The average Bonchev–Trinajstić information content (AvgIpc) is 2.93. The number of hydrogen-bond donors (Lipinski definition) is 0. The van der Waals surface area contributed by atoms with E-state index >= 15 is 0 Å². The molecular formula is C10H20ClNO. The fourth-order valence-electron chi connectivity index (χ4n) is 1.45. The first-order valence-corrected chi connectivity index (χ1v) is 5.79. The predicted octanol–water partition coefficient (Wildman–Crippen LogP) is 2.12. The van der Waals surface area contributed by atoms with Crippen molar-refractivity contribution < 1.29 is 4.74 Å². The fourth-order valence-corrected chi connectivity index (χ4v) is 1.67. The normalized spacial score (nSPS) is 16.8. The molecule has 13 heavy (non-hydrogen) atoms. The van der Waals surface area contributed by atoms with Crippen LogP contribution in [0.1, 0.15) is 26.2 Å². The zero-order chi connectivity index (χ0) is 9.52. The molecule has 0 bridgehead atoms. The highest BCUT2D eigenvalue weighted by Crippen LogP contribution is 2.26. The molecule has 78 valence electrons. The van der Waals surface area contributed by atoms with Gasteiger partial charge in [0.05, 0.1) is 6.61 Å². The van der Waals surface area contributed by atoms with E-state index in [9.17, 15) is 0 Å². The summed E-state index contributed by atoms with van der Waals surface area (Å²) < 4.78 is 5.45. The van der Waals surface area contributed by atoms with Gasteiger partial charge in [0.25, 0.3) is 0 Å². The molecule has 0 aliphatic heterocycles. The first-order valence-electron chi connectivity index (χ1n) is 5.26. The van der Waals surface area contributed by atoms with Crippen LogP contribution >= 0.6 is 11.6 Å². The number of rotatable bonds is 8. The Morgan fingerprint density at radius 3 is 2.62 bits per heavy atom. The maximum Gasteiger partial charge on any atom is 0.0593 e. The monoisotopic (exact) mass is 205 g/mol. The molecule has 0 spiro atoms. The van der Waals surface area contributed by atoms with Crippen molar-refractivity contribution in [2.45, 2.75) is 32.2 Å². The van der Waals surface area contributed by atoms with Crippen molar-refractivity contribution in [3.05, 3.63) is 0 Å². The Hall–Kier alpha value is 0.210. The first kappa shape index (κ1) is 11.3. The molecular weight excluding hydrogens is 186 g/mol. The molecule has 0 unspecified atom stereocenters. The molecule has 0 radical (unpaired) electrons. The summed E-state index contributed by atoms with van der Waals surface area (Å²) in [7, 11) is 0. The maximum absolute atomic E-state index is 5.73. The van der Waals surface area contributed by atoms with Crippen molar-refractivity contribution in [2.75, 3.05) is 32.2 Å². The second-order valence-corrected chi connectivity index (χ2v) is 3.95. The Morgan fingerprint density at radius 2 is 2.08 bits per heavy atom. The molecule has 0 saturated heterocycles. The van der Waals surface area contributed by atoms with Crippen molar-refractivity contribution in [2.24, 2.45) is 0 Å². The highest BCUT2D eigenvalue weighted by atomic mass is 35.5. The lowest BCUT2D eigenvalue weighted by Crippen LogP contribution is -2.31. The highest BCUT2D eigenvalue weighted by molar-refractivity contribution is 6.18. The minimum atomic E-state index is 0.740. The topological polar surface area (TPSA) is 12.5 Å². The van der Waals surface area contributed by atoms with E-state index in [1.165, 1.54) is 12.8 Å². The molecule has 0 aromatic carbocycles. The molecule has 0 N–H and O–H groups in total. The van der Waals surface area contributed by atoms with E-state index in [1.807, 2.05) is 0 Å². The van der Waals surface area contributed by atoms with Gasteiger partial charge < -0.3 is 4.74 Å². The Bertz CT molecular complexity index is 128. The van der Waals surface area contributed by atoms with Crippen LogP contribution in [0.15, 0.2) is 0 Å². The van der Waals surface area contributed by atoms with E-state index in [-0.39, 0.29) is 0 Å². The number of hydrogen-bond acceptors (Lipinski definition) is 2. The third kappa shape index (κ3) is 4.84. The van der Waals surface area contributed by atoms with E-state index in [0.717, 1.165) is 44.6 Å². The summed E-state index contributed by atoms with van der Waals surface area (Å²) in [5.41, 5.74) is 0. The molecule has 0 amide bonds. The van der Waals surface area contributed by atoms with Crippen molar-refractivity contribution in [3.8, 4) is 0 Å². The number of ether oxygens (including phenoxy) is 1. The predicted molar refractivity (Wildman–Crippen MR) is 56.4 cm³/mol. The van der Waals surface area contributed by atoms with Gasteiger partial charge in [0, 0.05) is 31.6 Å².